The van der Waals surface area contributed by atoms with E-state index in [9.17, 15) is 14.4 Å². The number of anilines is 1. The average molecular weight is 444 g/mol. The van der Waals surface area contributed by atoms with Crippen molar-refractivity contribution in [2.75, 3.05) is 38.8 Å². The highest BCUT2D eigenvalue weighted by Gasteiger charge is 2.29. The lowest BCUT2D eigenvalue weighted by atomic mass is 10.1. The van der Waals surface area contributed by atoms with Crippen molar-refractivity contribution < 1.29 is 28.6 Å². The second-order valence-electron chi connectivity index (χ2n) is 7.29. The fourth-order valence-electron chi connectivity index (χ4n) is 3.54. The lowest BCUT2D eigenvalue weighted by molar-refractivity contribution is -0.150. The smallest absolute Gasteiger partial charge is 0.307 e. The van der Waals surface area contributed by atoms with E-state index in [4.69, 9.17) is 14.2 Å². The molecule has 32 heavy (non-hydrogen) atoms. The van der Waals surface area contributed by atoms with Gasteiger partial charge in [-0.15, -0.1) is 0 Å². The summed E-state index contributed by atoms with van der Waals surface area (Å²) in [5.41, 5.74) is 1.26. The fourth-order valence-corrected chi connectivity index (χ4v) is 3.54. The number of nitrogens with zero attached hydrogens (tertiary/aromatic N) is 3. The Kier molecular flexibility index (Phi) is 8.20. The van der Waals surface area contributed by atoms with Gasteiger partial charge in [-0.25, -0.2) is 0 Å². The number of ether oxygens (including phenoxy) is 3. The van der Waals surface area contributed by atoms with Crippen LogP contribution in [0.25, 0.3) is 0 Å². The van der Waals surface area contributed by atoms with Crippen molar-refractivity contribution in [2.24, 2.45) is 0 Å². The molecule has 0 bridgehead atoms. The Labute approximate surface area is 186 Å². The zero-order valence-corrected chi connectivity index (χ0v) is 18.3. The first-order chi connectivity index (χ1) is 15.5. The third-order valence-electron chi connectivity index (χ3n) is 5.01. The topological polar surface area (TPSA) is 112 Å². The Hall–Kier alpha value is -3.40. The number of hydrogen-bond acceptors (Lipinski definition) is 7. The van der Waals surface area contributed by atoms with E-state index in [-0.39, 0.29) is 49.8 Å². The van der Waals surface area contributed by atoms with Crippen molar-refractivity contribution in [3.63, 3.8) is 0 Å². The maximum Gasteiger partial charge on any atom is 0.307 e. The van der Waals surface area contributed by atoms with Crippen LogP contribution in [0.4, 0.5) is 5.69 Å². The highest BCUT2D eigenvalue weighted by atomic mass is 16.5. The maximum absolute atomic E-state index is 12.8. The van der Waals surface area contributed by atoms with Crippen LogP contribution in [0.2, 0.25) is 0 Å². The highest BCUT2D eigenvalue weighted by molar-refractivity contribution is 5.92. The van der Waals surface area contributed by atoms with Gasteiger partial charge in [0.05, 0.1) is 57.7 Å². The van der Waals surface area contributed by atoms with Crippen LogP contribution in [0.5, 0.6) is 5.75 Å². The van der Waals surface area contributed by atoms with Gasteiger partial charge in [0.25, 0.3) is 0 Å². The molecule has 2 amide bonds. The Morgan fingerprint density at radius 3 is 2.88 bits per heavy atom. The molecule has 10 nitrogen and oxygen atoms in total. The molecule has 0 aliphatic carbocycles. The molecule has 0 radical (unpaired) electrons. The summed E-state index contributed by atoms with van der Waals surface area (Å²) < 4.78 is 17.1. The van der Waals surface area contributed by atoms with Crippen molar-refractivity contribution in [1.82, 2.24) is 14.7 Å². The monoisotopic (exact) mass is 444 g/mol. The van der Waals surface area contributed by atoms with Crippen molar-refractivity contribution in [3.8, 4) is 5.75 Å². The van der Waals surface area contributed by atoms with Crippen LogP contribution in [-0.4, -0.2) is 72.0 Å². The Morgan fingerprint density at radius 1 is 1.28 bits per heavy atom. The first kappa shape index (κ1) is 23.3. The molecule has 2 heterocycles. The second kappa shape index (κ2) is 11.3. The van der Waals surface area contributed by atoms with Crippen LogP contribution in [0.3, 0.4) is 0 Å². The summed E-state index contributed by atoms with van der Waals surface area (Å²) in [6.45, 7) is 3.11. The summed E-state index contributed by atoms with van der Waals surface area (Å²) in [7, 11) is 1.56. The molecule has 0 saturated carbocycles. The number of carbonyl (C=O) groups is 3. The van der Waals surface area contributed by atoms with Crippen LogP contribution in [0.1, 0.15) is 18.9 Å². The van der Waals surface area contributed by atoms with Crippen molar-refractivity contribution in [2.45, 2.75) is 32.4 Å². The van der Waals surface area contributed by atoms with Gasteiger partial charge >= 0.3 is 5.97 Å². The first-order valence-corrected chi connectivity index (χ1v) is 10.5. The van der Waals surface area contributed by atoms with Crippen LogP contribution in [0, 0.1) is 0 Å². The normalized spacial score (nSPS) is 15.8. The predicted molar refractivity (Wildman–Crippen MR) is 115 cm³/mol. The third kappa shape index (κ3) is 6.30. The number of benzene rings is 1. The van der Waals surface area contributed by atoms with E-state index in [0.717, 1.165) is 5.56 Å². The number of rotatable bonds is 9. The van der Waals surface area contributed by atoms with Gasteiger partial charge in [0.2, 0.25) is 11.8 Å². The summed E-state index contributed by atoms with van der Waals surface area (Å²) in [5, 5.41) is 6.95. The molecule has 1 saturated heterocycles. The molecule has 10 heteroatoms. The van der Waals surface area contributed by atoms with Crippen LogP contribution >= 0.6 is 0 Å². The molecule has 3 rings (SSSR count). The molecule has 0 unspecified atom stereocenters. The fraction of sp³-hybridized carbons (Fsp3) is 0.455. The van der Waals surface area contributed by atoms with Gasteiger partial charge in [-0.05, 0) is 13.0 Å². The first-order valence-electron chi connectivity index (χ1n) is 10.5. The molecule has 0 spiro atoms. The Bertz CT molecular complexity index is 944. The number of nitrogens with one attached hydrogen (secondary N) is 1. The highest BCUT2D eigenvalue weighted by Crippen LogP contribution is 2.18. The van der Waals surface area contributed by atoms with Gasteiger partial charge in [-0.3, -0.25) is 19.1 Å². The number of amides is 2. The number of carbonyl (C=O) groups excluding carboxylic acids is 3. The Balaban J connectivity index is 1.56. The molecular formula is C22H28N4O6. The minimum absolute atomic E-state index is 0.0122. The van der Waals surface area contributed by atoms with Gasteiger partial charge in [0.1, 0.15) is 12.3 Å². The molecule has 1 aromatic heterocycles. The molecule has 1 fully saturated rings. The number of hydrogen-bond donors (Lipinski definition) is 1. The molecule has 1 N–H and O–H groups in total. The average Bonchev–Trinajstić information content (AvgIpc) is 3.21. The number of esters is 1. The minimum atomic E-state index is -0.370. The van der Waals surface area contributed by atoms with Crippen molar-refractivity contribution in [3.05, 3.63) is 42.2 Å². The van der Waals surface area contributed by atoms with Crippen LogP contribution < -0.4 is 10.1 Å². The summed E-state index contributed by atoms with van der Waals surface area (Å²) in [6.07, 6.45) is 3.32. The van der Waals surface area contributed by atoms with E-state index in [2.05, 4.69) is 10.4 Å². The van der Waals surface area contributed by atoms with Crippen LogP contribution in [0.15, 0.2) is 36.7 Å². The lowest BCUT2D eigenvalue weighted by Crippen LogP contribution is -2.50. The van der Waals surface area contributed by atoms with Gasteiger partial charge in [-0.2, -0.15) is 5.10 Å². The SMILES string of the molecule is CCOC(=O)C[C@@H]1COCCN1C(=O)Cn1cc(NC(=O)Cc2ccccc2OC)cn1. The van der Waals surface area contributed by atoms with E-state index in [0.29, 0.717) is 31.2 Å². The van der Waals surface area contributed by atoms with Crippen LogP contribution in [-0.2, 0) is 36.8 Å². The largest absolute Gasteiger partial charge is 0.496 e. The van der Waals surface area contributed by atoms with Gasteiger partial charge in [-0.1, -0.05) is 18.2 Å². The van der Waals surface area contributed by atoms with E-state index in [1.807, 2.05) is 18.2 Å². The number of methoxy groups -OCH3 is 1. The summed E-state index contributed by atoms with van der Waals surface area (Å²) in [4.78, 5) is 38.7. The predicted octanol–water partition coefficient (Wildman–Crippen LogP) is 1.25. The molecular weight excluding hydrogens is 416 g/mol. The number of morpholine rings is 1. The third-order valence-corrected chi connectivity index (χ3v) is 5.01. The summed E-state index contributed by atoms with van der Waals surface area (Å²) in [5.74, 6) is -0.118. The molecule has 172 valence electrons. The van der Waals surface area contributed by atoms with Gasteiger partial charge in [0, 0.05) is 18.3 Å². The molecule has 1 aromatic carbocycles. The minimum Gasteiger partial charge on any atom is -0.496 e. The van der Waals surface area contributed by atoms with E-state index >= 15 is 0 Å². The van der Waals surface area contributed by atoms with Gasteiger partial charge < -0.3 is 24.4 Å². The summed E-state index contributed by atoms with van der Waals surface area (Å²) in [6, 6.07) is 6.94. The number of para-hydroxylation sites is 1. The summed E-state index contributed by atoms with van der Waals surface area (Å²) >= 11 is 0. The maximum atomic E-state index is 12.8. The quantitative estimate of drug-likeness (QED) is 0.580. The zero-order valence-electron chi connectivity index (χ0n) is 18.3. The molecule has 1 aliphatic heterocycles. The molecule has 1 aliphatic rings. The van der Waals surface area contributed by atoms with E-state index < -0.39 is 0 Å². The molecule has 1 atom stereocenters. The van der Waals surface area contributed by atoms with Crippen molar-refractivity contribution in [1.29, 1.82) is 0 Å². The van der Waals surface area contributed by atoms with Crippen molar-refractivity contribution >= 4 is 23.5 Å². The van der Waals surface area contributed by atoms with Gasteiger partial charge in [0.15, 0.2) is 0 Å². The lowest BCUT2D eigenvalue weighted by Gasteiger charge is -2.35. The van der Waals surface area contributed by atoms with E-state index in [1.54, 1.807) is 31.2 Å². The molecule has 2 aromatic rings. The number of aromatic nitrogens is 2. The standard InChI is InChI=1S/C22H28N4O6/c1-3-32-22(29)11-18-15-31-9-8-26(18)21(28)14-25-13-17(12-23-25)24-20(27)10-16-6-4-5-7-19(16)30-2/h4-7,12-13,18H,3,8-11,14-15H2,1-2H3,(H,24,27)/t18-/m1/s1. The Morgan fingerprint density at radius 2 is 2.09 bits per heavy atom. The van der Waals surface area contributed by atoms with E-state index in [1.165, 1.54) is 10.9 Å². The zero-order chi connectivity index (χ0) is 22.9. The second-order valence-corrected chi connectivity index (χ2v) is 7.29.